The van der Waals surface area contributed by atoms with Crippen molar-refractivity contribution in [1.29, 1.82) is 0 Å². The summed E-state index contributed by atoms with van der Waals surface area (Å²) in [5.74, 6) is -0.760. The molecule has 8 heteroatoms. The average Bonchev–Trinajstić information content (AvgIpc) is 2.77. The Hall–Kier alpha value is -0.960. The molecule has 0 saturated heterocycles. The number of hydrogen-bond acceptors (Lipinski definition) is 6. The Bertz CT molecular complexity index is 577. The van der Waals surface area contributed by atoms with Crippen molar-refractivity contribution >= 4 is 27.3 Å². The predicted molar refractivity (Wildman–Crippen MR) is 76.4 cm³/mol. The highest BCUT2D eigenvalue weighted by molar-refractivity contribution is 7.89. The molecule has 0 fully saturated rings. The van der Waals surface area contributed by atoms with E-state index in [1.807, 2.05) is 0 Å². The highest BCUT2D eigenvalue weighted by Gasteiger charge is 2.30. The molecule has 20 heavy (non-hydrogen) atoms. The van der Waals surface area contributed by atoms with Crippen LogP contribution >= 0.6 is 11.3 Å². The van der Waals surface area contributed by atoms with Crippen molar-refractivity contribution in [3.8, 4) is 0 Å². The zero-order valence-electron chi connectivity index (χ0n) is 11.8. The van der Waals surface area contributed by atoms with E-state index in [-0.39, 0.29) is 22.3 Å². The summed E-state index contributed by atoms with van der Waals surface area (Å²) < 4.78 is 31.8. The lowest BCUT2D eigenvalue weighted by Gasteiger charge is -2.20. The zero-order chi connectivity index (χ0) is 15.5. The largest absolute Gasteiger partial charge is 0.465 e. The lowest BCUT2D eigenvalue weighted by atomic mass is 10.1. The monoisotopic (exact) mass is 321 g/mol. The molecule has 1 atom stereocenters. The first kappa shape index (κ1) is 17.1. The van der Waals surface area contributed by atoms with Crippen LogP contribution in [-0.4, -0.2) is 39.3 Å². The first-order valence-electron chi connectivity index (χ1n) is 6.04. The van der Waals surface area contributed by atoms with Crippen LogP contribution in [0.15, 0.2) is 10.3 Å². The Balaban J connectivity index is 3.22. The van der Waals surface area contributed by atoms with Crippen LogP contribution in [0.1, 0.15) is 29.1 Å². The number of methoxy groups -OCH3 is 1. The van der Waals surface area contributed by atoms with E-state index in [0.29, 0.717) is 5.56 Å². The maximum atomic E-state index is 12.4. The molecule has 1 aromatic heterocycles. The third-order valence-electron chi connectivity index (χ3n) is 2.87. The van der Waals surface area contributed by atoms with Gasteiger partial charge in [-0.25, -0.2) is 17.9 Å². The van der Waals surface area contributed by atoms with Gasteiger partial charge in [-0.3, -0.25) is 0 Å². The highest BCUT2D eigenvalue weighted by atomic mass is 32.2. The number of esters is 1. The summed E-state index contributed by atoms with van der Waals surface area (Å²) in [5, 5.41) is 10.8. The van der Waals surface area contributed by atoms with Crippen LogP contribution in [0.2, 0.25) is 0 Å². The van der Waals surface area contributed by atoms with Crippen molar-refractivity contribution in [2.75, 3.05) is 13.7 Å². The van der Waals surface area contributed by atoms with Crippen LogP contribution < -0.4 is 4.72 Å². The van der Waals surface area contributed by atoms with Crippen molar-refractivity contribution in [2.24, 2.45) is 5.92 Å². The third-order valence-corrected chi connectivity index (χ3v) is 5.75. The van der Waals surface area contributed by atoms with Gasteiger partial charge in [0.15, 0.2) is 0 Å². The number of aryl methyl sites for hydroxylation is 1. The molecule has 0 aliphatic heterocycles. The first-order chi connectivity index (χ1) is 9.24. The Labute approximate surface area is 122 Å². The van der Waals surface area contributed by atoms with Crippen LogP contribution in [-0.2, 0) is 14.8 Å². The molecular weight excluding hydrogens is 302 g/mol. The van der Waals surface area contributed by atoms with E-state index in [1.54, 1.807) is 26.2 Å². The number of thiophene rings is 1. The summed E-state index contributed by atoms with van der Waals surface area (Å²) in [4.78, 5) is 11.6. The van der Waals surface area contributed by atoms with Crippen molar-refractivity contribution in [3.05, 3.63) is 15.8 Å². The van der Waals surface area contributed by atoms with Crippen molar-refractivity contribution in [1.82, 2.24) is 4.72 Å². The Kier molecular flexibility index (Phi) is 5.69. The maximum absolute atomic E-state index is 12.4. The molecule has 0 aromatic carbocycles. The normalized spacial score (nSPS) is 13.5. The van der Waals surface area contributed by atoms with Crippen LogP contribution in [0.3, 0.4) is 0 Å². The molecule has 0 aliphatic rings. The molecule has 0 amide bonds. The lowest BCUT2D eigenvalue weighted by molar-refractivity contribution is 0.0602. The summed E-state index contributed by atoms with van der Waals surface area (Å²) >= 11 is 1.02. The summed E-state index contributed by atoms with van der Waals surface area (Å²) in [6, 6.07) is -0.607. The molecule has 1 heterocycles. The molecule has 0 saturated carbocycles. The van der Waals surface area contributed by atoms with Gasteiger partial charge in [0.25, 0.3) is 0 Å². The minimum atomic E-state index is -3.89. The topological polar surface area (TPSA) is 92.7 Å². The van der Waals surface area contributed by atoms with Crippen LogP contribution in [0.4, 0.5) is 0 Å². The van der Waals surface area contributed by atoms with E-state index in [1.165, 1.54) is 7.11 Å². The van der Waals surface area contributed by atoms with E-state index in [2.05, 4.69) is 9.46 Å². The Morgan fingerprint density at radius 2 is 2.10 bits per heavy atom. The predicted octanol–water partition coefficient (Wildman–Crippen LogP) is 1.14. The van der Waals surface area contributed by atoms with Crippen LogP contribution in [0.25, 0.3) is 0 Å². The van der Waals surface area contributed by atoms with Crippen LogP contribution in [0, 0.1) is 12.8 Å². The molecule has 2 N–H and O–H groups in total. The van der Waals surface area contributed by atoms with Gasteiger partial charge in [-0.05, 0) is 23.8 Å². The fourth-order valence-electron chi connectivity index (χ4n) is 1.64. The van der Waals surface area contributed by atoms with Crippen molar-refractivity contribution in [3.63, 3.8) is 0 Å². The van der Waals surface area contributed by atoms with Gasteiger partial charge in [-0.2, -0.15) is 0 Å². The molecular formula is C12H19NO5S2. The standard InChI is InChI=1S/C12H19NO5S2/c1-7(2)9(5-14)13-20(16,17)11-8(3)6-19-10(11)12(15)18-4/h6-7,9,13-14H,5H2,1-4H3/t9-/m1/s1. The summed E-state index contributed by atoms with van der Waals surface area (Å²) in [5.41, 5.74) is 0.475. The van der Waals surface area contributed by atoms with Gasteiger partial charge in [0, 0.05) is 6.04 Å². The van der Waals surface area contributed by atoms with Crippen molar-refractivity contribution in [2.45, 2.75) is 31.7 Å². The van der Waals surface area contributed by atoms with Gasteiger partial charge in [0.05, 0.1) is 13.7 Å². The molecule has 1 rings (SSSR count). The number of ether oxygens (including phenoxy) is 1. The van der Waals surface area contributed by atoms with Gasteiger partial charge in [-0.15, -0.1) is 11.3 Å². The number of nitrogens with one attached hydrogen (secondary N) is 1. The second-order valence-electron chi connectivity index (χ2n) is 4.72. The molecule has 0 spiro atoms. The second-order valence-corrected chi connectivity index (χ2v) is 7.25. The molecule has 114 valence electrons. The van der Waals surface area contributed by atoms with Gasteiger partial charge < -0.3 is 9.84 Å². The van der Waals surface area contributed by atoms with Gasteiger partial charge in [0.1, 0.15) is 9.77 Å². The van der Waals surface area contributed by atoms with E-state index in [9.17, 15) is 18.3 Å². The zero-order valence-corrected chi connectivity index (χ0v) is 13.5. The van der Waals surface area contributed by atoms with E-state index in [0.717, 1.165) is 11.3 Å². The number of hydrogen-bond donors (Lipinski definition) is 2. The average molecular weight is 321 g/mol. The molecule has 0 unspecified atom stereocenters. The number of aliphatic hydroxyl groups is 1. The highest BCUT2D eigenvalue weighted by Crippen LogP contribution is 2.27. The Morgan fingerprint density at radius 3 is 2.55 bits per heavy atom. The Morgan fingerprint density at radius 1 is 1.50 bits per heavy atom. The fourth-order valence-corrected chi connectivity index (χ4v) is 4.72. The molecule has 0 radical (unpaired) electrons. The van der Waals surface area contributed by atoms with E-state index >= 15 is 0 Å². The summed E-state index contributed by atoms with van der Waals surface area (Å²) in [6.07, 6.45) is 0. The molecule has 0 bridgehead atoms. The van der Waals surface area contributed by atoms with Crippen LogP contribution in [0.5, 0.6) is 0 Å². The second kappa shape index (κ2) is 6.66. The quantitative estimate of drug-likeness (QED) is 0.767. The van der Waals surface area contributed by atoms with E-state index < -0.39 is 22.0 Å². The smallest absolute Gasteiger partial charge is 0.349 e. The van der Waals surface area contributed by atoms with Gasteiger partial charge >= 0.3 is 5.97 Å². The fraction of sp³-hybridized carbons (Fsp3) is 0.583. The SMILES string of the molecule is COC(=O)c1scc(C)c1S(=O)(=O)N[C@H](CO)C(C)C. The number of carbonyl (C=O) groups is 1. The number of sulfonamides is 1. The first-order valence-corrected chi connectivity index (χ1v) is 8.40. The maximum Gasteiger partial charge on any atom is 0.349 e. The molecule has 6 nitrogen and oxygen atoms in total. The van der Waals surface area contributed by atoms with Gasteiger partial charge in [-0.1, -0.05) is 13.8 Å². The number of rotatable bonds is 6. The van der Waals surface area contributed by atoms with E-state index in [4.69, 9.17) is 0 Å². The molecule has 1 aromatic rings. The number of aliphatic hydroxyl groups excluding tert-OH is 1. The minimum absolute atomic E-state index is 0.0398. The summed E-state index contributed by atoms with van der Waals surface area (Å²) in [7, 11) is -2.69. The lowest BCUT2D eigenvalue weighted by Crippen LogP contribution is -2.41. The number of carbonyl (C=O) groups excluding carboxylic acids is 1. The third kappa shape index (κ3) is 3.57. The molecule has 0 aliphatic carbocycles. The minimum Gasteiger partial charge on any atom is -0.465 e. The van der Waals surface area contributed by atoms with Crippen molar-refractivity contribution < 1.29 is 23.1 Å². The summed E-state index contributed by atoms with van der Waals surface area (Å²) in [6.45, 7) is 4.89. The van der Waals surface area contributed by atoms with Gasteiger partial charge in [0.2, 0.25) is 10.0 Å².